The second-order valence-electron chi connectivity index (χ2n) is 3.62. The van der Waals surface area contributed by atoms with E-state index < -0.39 is 0 Å². The summed E-state index contributed by atoms with van der Waals surface area (Å²) in [7, 11) is 0. The second kappa shape index (κ2) is 2.64. The van der Waals surface area contributed by atoms with Crippen LogP contribution in [0.2, 0.25) is 0 Å². The minimum atomic E-state index is 0.107. The quantitative estimate of drug-likeness (QED) is 0.561. The van der Waals surface area contributed by atoms with E-state index in [-0.39, 0.29) is 5.91 Å². The van der Waals surface area contributed by atoms with Gasteiger partial charge in [-0.3, -0.25) is 4.79 Å². The number of carbonyl (C=O) groups excluding carboxylic acids is 1. The Morgan fingerprint density at radius 1 is 1.50 bits per heavy atom. The lowest BCUT2D eigenvalue weighted by molar-refractivity contribution is -0.119. The molecule has 1 amide bonds. The highest BCUT2D eigenvalue weighted by Gasteiger charge is 2.28. The van der Waals surface area contributed by atoms with Crippen molar-refractivity contribution in [3.8, 4) is 0 Å². The molecule has 2 aliphatic rings. The summed E-state index contributed by atoms with van der Waals surface area (Å²) < 4.78 is 0. The highest BCUT2D eigenvalue weighted by molar-refractivity contribution is 5.89. The maximum Gasteiger partial charge on any atom is 0.224 e. The van der Waals surface area contributed by atoms with E-state index in [2.05, 4.69) is 21.4 Å². The van der Waals surface area contributed by atoms with Crippen LogP contribution in [0.1, 0.15) is 12.8 Å². The van der Waals surface area contributed by atoms with Crippen molar-refractivity contribution in [1.82, 2.24) is 15.3 Å². The zero-order valence-corrected chi connectivity index (χ0v) is 7.53. The van der Waals surface area contributed by atoms with Crippen molar-refractivity contribution in [1.29, 1.82) is 0 Å². The molecule has 1 fully saturated rings. The Morgan fingerprint density at radius 3 is 3.36 bits per heavy atom. The van der Waals surface area contributed by atoms with E-state index in [1.807, 2.05) is 0 Å². The number of hydrogen-bond acceptors (Lipinski definition) is 3. The summed E-state index contributed by atoms with van der Waals surface area (Å²) in [5, 5.41) is 4.81. The summed E-state index contributed by atoms with van der Waals surface area (Å²) in [4.78, 5) is 19.4. The smallest absolute Gasteiger partial charge is 0.224 e. The van der Waals surface area contributed by atoms with Gasteiger partial charge in [0.15, 0.2) is 0 Å². The molecule has 1 aliphatic heterocycles. The number of nitrogens with one attached hydrogen (secondary N) is 1. The molecule has 1 unspecified atom stereocenters. The molecule has 4 heteroatoms. The number of fused-ring (bicyclic) bond motifs is 2. The van der Waals surface area contributed by atoms with Gasteiger partial charge in [-0.1, -0.05) is 6.08 Å². The third-order valence-corrected chi connectivity index (χ3v) is 2.74. The van der Waals surface area contributed by atoms with Gasteiger partial charge in [-0.25, -0.2) is 9.97 Å². The summed E-state index contributed by atoms with van der Waals surface area (Å²) >= 11 is 0. The van der Waals surface area contributed by atoms with Crippen molar-refractivity contribution in [3.05, 3.63) is 23.1 Å². The molecule has 1 N–H and O–H groups in total. The van der Waals surface area contributed by atoms with Crippen LogP contribution in [0.15, 0.2) is 12.5 Å². The molecule has 1 aromatic rings. The minimum Gasteiger partial charge on any atom is -0.329 e. The number of rotatable bonds is 0. The largest absolute Gasteiger partial charge is 0.329 e. The number of carbonyl (C=O) groups is 1. The van der Waals surface area contributed by atoms with Crippen LogP contribution >= 0.6 is 0 Å². The van der Waals surface area contributed by atoms with E-state index in [1.165, 1.54) is 6.33 Å². The number of amides is 1. The molecule has 0 aromatic carbocycles. The Labute approximate surface area is 80.4 Å². The standard InChI is InChI=1S/C10H9N3O/c14-9-3-6-1-2-8-7(10(6)13-9)4-11-5-12-8/h2,4-6H,1,3H2,(H,13,14). The van der Waals surface area contributed by atoms with E-state index in [4.69, 9.17) is 0 Å². The van der Waals surface area contributed by atoms with Gasteiger partial charge in [0.25, 0.3) is 0 Å². The van der Waals surface area contributed by atoms with E-state index in [9.17, 15) is 4.79 Å². The van der Waals surface area contributed by atoms with Crippen LogP contribution in [0.25, 0.3) is 11.8 Å². The Hall–Kier alpha value is -1.71. The van der Waals surface area contributed by atoms with Gasteiger partial charge in [-0.2, -0.15) is 0 Å². The molecule has 3 rings (SSSR count). The van der Waals surface area contributed by atoms with Crippen molar-refractivity contribution in [2.45, 2.75) is 12.8 Å². The van der Waals surface area contributed by atoms with Gasteiger partial charge in [0.05, 0.1) is 5.35 Å². The minimum absolute atomic E-state index is 0.107. The predicted molar refractivity (Wildman–Crippen MR) is 50.0 cm³/mol. The Bertz CT molecular complexity index is 520. The lowest BCUT2D eigenvalue weighted by Gasteiger charge is -2.11. The molecule has 70 valence electrons. The van der Waals surface area contributed by atoms with Crippen molar-refractivity contribution in [2.75, 3.05) is 0 Å². The average molecular weight is 187 g/mol. The highest BCUT2D eigenvalue weighted by Crippen LogP contribution is 2.24. The van der Waals surface area contributed by atoms with Gasteiger partial charge in [0.1, 0.15) is 6.33 Å². The molecule has 2 heterocycles. The molecule has 0 spiro atoms. The normalized spacial score (nSPS) is 23.6. The molecule has 1 aromatic heterocycles. The van der Waals surface area contributed by atoms with Crippen LogP contribution in [0.5, 0.6) is 0 Å². The summed E-state index contributed by atoms with van der Waals surface area (Å²) in [6.45, 7) is 0. The lowest BCUT2D eigenvalue weighted by Crippen LogP contribution is -2.37. The number of nitrogens with zero attached hydrogens (tertiary/aromatic N) is 2. The molecular formula is C10H9N3O. The van der Waals surface area contributed by atoms with Crippen LogP contribution < -0.4 is 15.9 Å². The number of aromatic nitrogens is 2. The maximum absolute atomic E-state index is 11.2. The molecule has 1 atom stereocenters. The first kappa shape index (κ1) is 7.67. The summed E-state index contributed by atoms with van der Waals surface area (Å²) in [6.07, 6.45) is 6.88. The molecule has 0 radical (unpaired) electrons. The highest BCUT2D eigenvalue weighted by atomic mass is 16.1. The van der Waals surface area contributed by atoms with Crippen molar-refractivity contribution >= 4 is 17.7 Å². The Balaban J connectivity index is 2.35. The fourth-order valence-electron chi connectivity index (χ4n) is 2.08. The van der Waals surface area contributed by atoms with Gasteiger partial charge < -0.3 is 5.32 Å². The summed E-state index contributed by atoms with van der Waals surface area (Å²) in [6, 6.07) is 0. The SMILES string of the molecule is O=C1CC2CC=c3ncncc3=C2N1. The zero-order valence-electron chi connectivity index (χ0n) is 7.53. The molecule has 4 nitrogen and oxygen atoms in total. The fourth-order valence-corrected chi connectivity index (χ4v) is 2.08. The van der Waals surface area contributed by atoms with Gasteiger partial charge in [-0.05, 0) is 6.42 Å². The lowest BCUT2D eigenvalue weighted by atomic mass is 9.96. The van der Waals surface area contributed by atoms with E-state index in [1.54, 1.807) is 6.20 Å². The first-order valence-electron chi connectivity index (χ1n) is 4.65. The van der Waals surface area contributed by atoms with E-state index in [0.717, 1.165) is 22.7 Å². The number of hydrogen-bond donors (Lipinski definition) is 1. The first-order chi connectivity index (χ1) is 6.84. The first-order valence-corrected chi connectivity index (χ1v) is 4.65. The Kier molecular flexibility index (Phi) is 1.45. The zero-order chi connectivity index (χ0) is 9.54. The topological polar surface area (TPSA) is 54.9 Å². The molecule has 0 bridgehead atoms. The van der Waals surface area contributed by atoms with Crippen LogP contribution in [-0.2, 0) is 4.79 Å². The summed E-state index contributed by atoms with van der Waals surface area (Å²) in [5.74, 6) is 0.427. The van der Waals surface area contributed by atoms with Crippen molar-refractivity contribution < 1.29 is 4.79 Å². The Morgan fingerprint density at radius 2 is 2.43 bits per heavy atom. The van der Waals surface area contributed by atoms with E-state index in [0.29, 0.717) is 12.3 Å². The summed E-state index contributed by atoms with van der Waals surface area (Å²) in [5.41, 5.74) is 1.01. The molecule has 1 aliphatic carbocycles. The van der Waals surface area contributed by atoms with Crippen LogP contribution in [-0.4, -0.2) is 15.9 Å². The van der Waals surface area contributed by atoms with Crippen LogP contribution in [0, 0.1) is 5.92 Å². The monoisotopic (exact) mass is 187 g/mol. The fraction of sp³-hybridized carbons (Fsp3) is 0.300. The van der Waals surface area contributed by atoms with Gasteiger partial charge in [0.2, 0.25) is 5.91 Å². The third-order valence-electron chi connectivity index (χ3n) is 2.74. The van der Waals surface area contributed by atoms with Crippen LogP contribution in [0.3, 0.4) is 0 Å². The van der Waals surface area contributed by atoms with Crippen molar-refractivity contribution in [3.63, 3.8) is 0 Å². The average Bonchev–Trinajstić information content (AvgIpc) is 2.59. The van der Waals surface area contributed by atoms with Gasteiger partial charge in [-0.15, -0.1) is 0 Å². The molecular weight excluding hydrogens is 178 g/mol. The third kappa shape index (κ3) is 0.968. The molecule has 0 saturated carbocycles. The van der Waals surface area contributed by atoms with Gasteiger partial charge >= 0.3 is 0 Å². The molecule has 14 heavy (non-hydrogen) atoms. The predicted octanol–water partition coefficient (Wildman–Crippen LogP) is -1.09. The van der Waals surface area contributed by atoms with Gasteiger partial charge in [0, 0.05) is 29.5 Å². The van der Waals surface area contributed by atoms with E-state index >= 15 is 0 Å². The molecule has 1 saturated heterocycles. The maximum atomic E-state index is 11.2. The van der Waals surface area contributed by atoms with Crippen LogP contribution in [0.4, 0.5) is 0 Å². The van der Waals surface area contributed by atoms with Crippen molar-refractivity contribution in [2.24, 2.45) is 5.92 Å². The second-order valence-corrected chi connectivity index (χ2v) is 3.62.